The summed E-state index contributed by atoms with van der Waals surface area (Å²) < 4.78 is 5.41. The highest BCUT2D eigenvalue weighted by Gasteiger charge is 2.14. The number of rotatable bonds is 4. The summed E-state index contributed by atoms with van der Waals surface area (Å²) in [6, 6.07) is 19.9. The number of hydrogen-bond donors (Lipinski definition) is 3. The molecule has 0 radical (unpaired) electrons. The van der Waals surface area contributed by atoms with Gasteiger partial charge in [0, 0.05) is 36.1 Å². The molecule has 0 spiro atoms. The van der Waals surface area contributed by atoms with E-state index < -0.39 is 5.91 Å². The fraction of sp³-hybridized carbons (Fsp3) is 0.185. The Balaban J connectivity index is 1.30. The van der Waals surface area contributed by atoms with E-state index in [9.17, 15) is 4.79 Å². The van der Waals surface area contributed by atoms with E-state index in [0.717, 1.165) is 60.6 Å². The lowest BCUT2D eigenvalue weighted by atomic mass is 9.99. The van der Waals surface area contributed by atoms with E-state index in [1.807, 2.05) is 30.3 Å². The number of H-pyrrole nitrogens is 1. The molecule has 1 aliphatic rings. The van der Waals surface area contributed by atoms with Gasteiger partial charge in [-0.25, -0.2) is 5.48 Å². The number of ether oxygens (including phenoxy) is 1. The number of carbonyl (C=O) groups is 1. The summed E-state index contributed by atoms with van der Waals surface area (Å²) in [5.41, 5.74) is 7.69. The summed E-state index contributed by atoms with van der Waals surface area (Å²) in [4.78, 5) is 14.5. The van der Waals surface area contributed by atoms with E-state index in [4.69, 9.17) is 9.94 Å². The monoisotopic (exact) mass is 452 g/mol. The highest BCUT2D eigenvalue weighted by molar-refractivity contribution is 6.07. The number of aromatic amines is 1. The Morgan fingerprint density at radius 2 is 1.68 bits per heavy atom. The summed E-state index contributed by atoms with van der Waals surface area (Å²) >= 11 is 0. The van der Waals surface area contributed by atoms with Crippen molar-refractivity contribution in [3.05, 3.63) is 89.1 Å². The van der Waals surface area contributed by atoms with Crippen molar-refractivity contribution in [1.82, 2.24) is 20.6 Å². The Bertz CT molecular complexity index is 1360. The number of benzene rings is 3. The minimum absolute atomic E-state index is 0.352. The quantitative estimate of drug-likeness (QED) is 0.250. The number of carbonyl (C=O) groups excluding carboxylic acids is 1. The molecular formula is C27H24N4O3. The molecule has 3 N–H and O–H groups in total. The van der Waals surface area contributed by atoms with Gasteiger partial charge in [-0.05, 0) is 53.1 Å². The minimum Gasteiger partial charge on any atom is -0.379 e. The molecule has 5 rings (SSSR count). The molecule has 1 amide bonds. The van der Waals surface area contributed by atoms with Crippen LogP contribution in [-0.2, 0) is 11.3 Å². The molecule has 7 nitrogen and oxygen atoms in total. The Kier molecular flexibility index (Phi) is 6.36. The second-order valence-corrected chi connectivity index (χ2v) is 8.21. The van der Waals surface area contributed by atoms with Crippen LogP contribution in [0.2, 0.25) is 0 Å². The molecule has 7 heteroatoms. The SMILES string of the molecule is O=C(NO)c1cc(-c2ccc(C#Cc3ccc(CN4CCOCC4)cc3)cc2)cc2[nH]ncc12. The first-order chi connectivity index (χ1) is 16.7. The van der Waals surface area contributed by atoms with E-state index >= 15 is 0 Å². The molecular weight excluding hydrogens is 428 g/mol. The van der Waals surface area contributed by atoms with Crippen LogP contribution in [-0.4, -0.2) is 52.5 Å². The van der Waals surface area contributed by atoms with Crippen molar-refractivity contribution in [3.63, 3.8) is 0 Å². The lowest BCUT2D eigenvalue weighted by molar-refractivity contribution is 0.0342. The number of fused-ring (bicyclic) bond motifs is 1. The number of nitrogens with one attached hydrogen (secondary N) is 2. The zero-order chi connectivity index (χ0) is 23.3. The van der Waals surface area contributed by atoms with Crippen molar-refractivity contribution in [3.8, 4) is 23.0 Å². The number of amides is 1. The molecule has 1 aliphatic heterocycles. The molecule has 3 aromatic carbocycles. The predicted octanol–water partition coefficient (Wildman–Crippen LogP) is 3.58. The van der Waals surface area contributed by atoms with Crippen molar-refractivity contribution < 1.29 is 14.7 Å². The number of morpholine rings is 1. The largest absolute Gasteiger partial charge is 0.379 e. The van der Waals surface area contributed by atoms with E-state index in [1.165, 1.54) is 5.56 Å². The Morgan fingerprint density at radius 1 is 1.00 bits per heavy atom. The summed E-state index contributed by atoms with van der Waals surface area (Å²) in [6.45, 7) is 4.50. The smallest absolute Gasteiger partial charge is 0.275 e. The number of nitrogens with zero attached hydrogens (tertiary/aromatic N) is 2. The van der Waals surface area contributed by atoms with Gasteiger partial charge in [0.1, 0.15) is 0 Å². The zero-order valence-corrected chi connectivity index (χ0v) is 18.5. The number of hydrogen-bond acceptors (Lipinski definition) is 5. The van der Waals surface area contributed by atoms with Crippen LogP contribution in [0.3, 0.4) is 0 Å². The zero-order valence-electron chi connectivity index (χ0n) is 18.5. The predicted molar refractivity (Wildman–Crippen MR) is 129 cm³/mol. The van der Waals surface area contributed by atoms with Gasteiger partial charge >= 0.3 is 0 Å². The van der Waals surface area contributed by atoms with Gasteiger partial charge in [0.15, 0.2) is 0 Å². The van der Waals surface area contributed by atoms with Crippen LogP contribution in [0.4, 0.5) is 0 Å². The second-order valence-electron chi connectivity index (χ2n) is 8.21. The van der Waals surface area contributed by atoms with Gasteiger partial charge in [-0.2, -0.15) is 5.10 Å². The third-order valence-electron chi connectivity index (χ3n) is 5.94. The first kappa shape index (κ1) is 21.9. The summed E-state index contributed by atoms with van der Waals surface area (Å²) in [7, 11) is 0. The second kappa shape index (κ2) is 9.89. The van der Waals surface area contributed by atoms with Crippen molar-refractivity contribution in [2.45, 2.75) is 6.54 Å². The number of hydroxylamine groups is 1. The molecule has 34 heavy (non-hydrogen) atoms. The highest BCUT2D eigenvalue weighted by Crippen LogP contribution is 2.27. The van der Waals surface area contributed by atoms with Crippen LogP contribution >= 0.6 is 0 Å². The normalized spacial score (nSPS) is 13.9. The molecule has 0 atom stereocenters. The average molecular weight is 453 g/mol. The van der Waals surface area contributed by atoms with Gasteiger partial charge in [0.05, 0.1) is 30.5 Å². The van der Waals surface area contributed by atoms with Gasteiger partial charge in [-0.3, -0.25) is 20.0 Å². The third kappa shape index (κ3) is 4.85. The first-order valence-electron chi connectivity index (χ1n) is 11.1. The van der Waals surface area contributed by atoms with Gasteiger partial charge < -0.3 is 4.74 Å². The minimum atomic E-state index is -0.577. The third-order valence-corrected chi connectivity index (χ3v) is 5.94. The lowest BCUT2D eigenvalue weighted by Crippen LogP contribution is -2.35. The maximum atomic E-state index is 12.1. The van der Waals surface area contributed by atoms with Gasteiger partial charge in [-0.1, -0.05) is 36.1 Å². The molecule has 1 fully saturated rings. The summed E-state index contributed by atoms with van der Waals surface area (Å²) in [5.74, 6) is 5.86. The van der Waals surface area contributed by atoms with Gasteiger partial charge in [0.2, 0.25) is 0 Å². The molecule has 4 aromatic rings. The lowest BCUT2D eigenvalue weighted by Gasteiger charge is -2.26. The van der Waals surface area contributed by atoms with Crippen molar-refractivity contribution >= 4 is 16.8 Å². The molecule has 1 saturated heterocycles. The molecule has 0 aliphatic carbocycles. The fourth-order valence-electron chi connectivity index (χ4n) is 4.07. The average Bonchev–Trinajstić information content (AvgIpc) is 3.37. The molecule has 0 saturated carbocycles. The molecule has 1 aromatic heterocycles. The van der Waals surface area contributed by atoms with Gasteiger partial charge in [0.25, 0.3) is 5.91 Å². The van der Waals surface area contributed by atoms with E-state index in [2.05, 4.69) is 51.2 Å². The topological polar surface area (TPSA) is 90.5 Å². The Morgan fingerprint density at radius 3 is 2.35 bits per heavy atom. The van der Waals surface area contributed by atoms with Crippen molar-refractivity contribution in [1.29, 1.82) is 0 Å². The molecule has 170 valence electrons. The van der Waals surface area contributed by atoms with Crippen LogP contribution in [0.25, 0.3) is 22.0 Å². The van der Waals surface area contributed by atoms with Gasteiger partial charge in [-0.15, -0.1) is 0 Å². The Labute approximate surface area is 197 Å². The fourth-order valence-corrected chi connectivity index (χ4v) is 4.07. The Hall–Kier alpha value is -3.96. The maximum absolute atomic E-state index is 12.1. The summed E-state index contributed by atoms with van der Waals surface area (Å²) in [6.07, 6.45) is 1.57. The van der Waals surface area contributed by atoms with Crippen molar-refractivity contribution in [2.75, 3.05) is 26.3 Å². The number of aromatic nitrogens is 2. The van der Waals surface area contributed by atoms with E-state index in [0.29, 0.717) is 10.9 Å². The molecule has 0 unspecified atom stereocenters. The highest BCUT2D eigenvalue weighted by atomic mass is 16.5. The first-order valence-corrected chi connectivity index (χ1v) is 11.1. The maximum Gasteiger partial charge on any atom is 0.275 e. The van der Waals surface area contributed by atoms with Crippen LogP contribution in [0.5, 0.6) is 0 Å². The summed E-state index contributed by atoms with van der Waals surface area (Å²) in [5, 5.41) is 16.6. The van der Waals surface area contributed by atoms with Crippen LogP contribution in [0.1, 0.15) is 27.0 Å². The van der Waals surface area contributed by atoms with Crippen molar-refractivity contribution in [2.24, 2.45) is 0 Å². The molecule has 2 heterocycles. The van der Waals surface area contributed by atoms with Crippen LogP contribution in [0.15, 0.2) is 66.9 Å². The van der Waals surface area contributed by atoms with E-state index in [1.54, 1.807) is 17.7 Å². The molecule has 0 bridgehead atoms. The standard InChI is InChI=1S/C27H24N4O3/c32-27(30-33)24-15-23(16-26-25(24)17-28-29-26)22-9-7-20(8-10-22)2-1-19-3-5-21(6-4-19)18-31-11-13-34-14-12-31/h3-10,15-17,33H,11-14,18H2,(H,28,29)(H,30,32). The van der Waals surface area contributed by atoms with Crippen LogP contribution in [0, 0.1) is 11.8 Å². The van der Waals surface area contributed by atoms with E-state index in [-0.39, 0.29) is 0 Å². The van der Waals surface area contributed by atoms with Crippen LogP contribution < -0.4 is 5.48 Å².